The summed E-state index contributed by atoms with van der Waals surface area (Å²) in [6.45, 7) is -0.176. The Kier molecular flexibility index (Phi) is 5.43. The van der Waals surface area contributed by atoms with Crippen molar-refractivity contribution in [2.75, 3.05) is 13.7 Å². The maximum atomic E-state index is 13.7. The first kappa shape index (κ1) is 15.9. The van der Waals surface area contributed by atoms with Crippen molar-refractivity contribution in [1.82, 2.24) is 5.32 Å². The number of amides is 1. The number of thiophene rings is 1. The van der Waals surface area contributed by atoms with Crippen LogP contribution in [-0.4, -0.2) is 25.5 Å². The minimum atomic E-state index is -0.514. The number of carbonyl (C=O) groups is 2. The molecule has 2 rings (SSSR count). The van der Waals surface area contributed by atoms with Crippen molar-refractivity contribution < 1.29 is 18.7 Å². The predicted molar refractivity (Wildman–Crippen MR) is 83.8 cm³/mol. The molecule has 0 saturated heterocycles. The highest BCUT2D eigenvalue weighted by atomic mass is 32.1. The highest BCUT2D eigenvalue weighted by molar-refractivity contribution is 7.16. The number of benzene rings is 1. The minimum absolute atomic E-state index is 0.176. The molecule has 0 aliphatic heterocycles. The van der Waals surface area contributed by atoms with Gasteiger partial charge in [-0.05, 0) is 24.3 Å². The Hall–Kier alpha value is -2.47. The van der Waals surface area contributed by atoms with Gasteiger partial charge in [0.05, 0.1) is 7.11 Å². The van der Waals surface area contributed by atoms with Crippen LogP contribution in [0.25, 0.3) is 16.5 Å². The van der Waals surface area contributed by atoms with Crippen LogP contribution in [0.5, 0.6) is 0 Å². The summed E-state index contributed by atoms with van der Waals surface area (Å²) >= 11 is 1.37. The second kappa shape index (κ2) is 7.51. The summed E-state index contributed by atoms with van der Waals surface area (Å²) < 4.78 is 18.1. The Morgan fingerprint density at radius 1 is 1.27 bits per heavy atom. The first-order valence-electron chi connectivity index (χ1n) is 6.47. The molecule has 0 radical (unpaired) electrons. The van der Waals surface area contributed by atoms with Crippen LogP contribution >= 0.6 is 11.3 Å². The molecule has 0 unspecified atom stereocenters. The molecular weight excluding hydrogens is 305 g/mol. The lowest BCUT2D eigenvalue weighted by atomic mass is 10.2. The van der Waals surface area contributed by atoms with Gasteiger partial charge in [-0.25, -0.2) is 4.39 Å². The zero-order chi connectivity index (χ0) is 15.9. The molecule has 0 aliphatic carbocycles. The molecule has 2 aromatic rings. The highest BCUT2D eigenvalue weighted by Gasteiger charge is 2.06. The van der Waals surface area contributed by atoms with Gasteiger partial charge in [-0.2, -0.15) is 0 Å². The predicted octanol–water partition coefficient (Wildman–Crippen LogP) is 2.86. The van der Waals surface area contributed by atoms with E-state index in [1.54, 1.807) is 36.4 Å². The van der Waals surface area contributed by atoms with E-state index in [0.717, 1.165) is 9.75 Å². The lowest BCUT2D eigenvalue weighted by Crippen LogP contribution is -2.28. The van der Waals surface area contributed by atoms with Crippen molar-refractivity contribution in [3.8, 4) is 10.4 Å². The van der Waals surface area contributed by atoms with Crippen LogP contribution in [0.1, 0.15) is 4.88 Å². The molecule has 22 heavy (non-hydrogen) atoms. The summed E-state index contributed by atoms with van der Waals surface area (Å²) in [7, 11) is 1.25. The number of ether oxygens (including phenoxy) is 1. The molecule has 1 heterocycles. The zero-order valence-electron chi connectivity index (χ0n) is 11.8. The van der Waals surface area contributed by atoms with Crippen LogP contribution < -0.4 is 5.32 Å². The lowest BCUT2D eigenvalue weighted by Gasteiger charge is -1.99. The van der Waals surface area contributed by atoms with Gasteiger partial charge in [-0.3, -0.25) is 9.59 Å². The van der Waals surface area contributed by atoms with E-state index in [0.29, 0.717) is 5.56 Å². The summed E-state index contributed by atoms with van der Waals surface area (Å²) in [5.74, 6) is -1.19. The minimum Gasteiger partial charge on any atom is -0.468 e. The Balaban J connectivity index is 2.00. The quantitative estimate of drug-likeness (QED) is 0.681. The smallest absolute Gasteiger partial charge is 0.325 e. The molecule has 114 valence electrons. The van der Waals surface area contributed by atoms with Crippen molar-refractivity contribution in [1.29, 1.82) is 0 Å². The maximum absolute atomic E-state index is 13.7. The van der Waals surface area contributed by atoms with E-state index in [9.17, 15) is 14.0 Å². The molecule has 0 spiro atoms. The first-order chi connectivity index (χ1) is 10.6. The summed E-state index contributed by atoms with van der Waals surface area (Å²) in [5, 5.41) is 2.40. The summed E-state index contributed by atoms with van der Waals surface area (Å²) in [6.07, 6.45) is 2.93. The van der Waals surface area contributed by atoms with Gasteiger partial charge >= 0.3 is 5.97 Å². The molecule has 0 saturated carbocycles. The zero-order valence-corrected chi connectivity index (χ0v) is 12.7. The Labute approximate surface area is 131 Å². The third-order valence-electron chi connectivity index (χ3n) is 2.80. The lowest BCUT2D eigenvalue weighted by molar-refractivity contribution is -0.140. The van der Waals surface area contributed by atoms with E-state index in [1.165, 1.54) is 30.6 Å². The molecule has 0 atom stereocenters. The fourth-order valence-electron chi connectivity index (χ4n) is 1.70. The average molecular weight is 319 g/mol. The second-order valence-electron chi connectivity index (χ2n) is 4.31. The Morgan fingerprint density at radius 3 is 2.77 bits per heavy atom. The van der Waals surface area contributed by atoms with Crippen molar-refractivity contribution in [3.05, 3.63) is 53.2 Å². The van der Waals surface area contributed by atoms with Gasteiger partial charge in [0.15, 0.2) is 0 Å². The number of nitrogens with one attached hydrogen (secondary N) is 1. The standard InChI is InChI=1S/C16H14FNO3S/c1-21-16(20)10-18-15(19)9-7-11-6-8-14(22-11)12-4-2-3-5-13(12)17/h2-9H,10H2,1H3,(H,18,19). The van der Waals surface area contributed by atoms with Crippen molar-refractivity contribution in [2.24, 2.45) is 0 Å². The third-order valence-corrected chi connectivity index (χ3v) is 3.88. The number of carbonyl (C=O) groups excluding carboxylic acids is 2. The molecule has 1 N–H and O–H groups in total. The molecule has 1 amide bonds. The van der Waals surface area contributed by atoms with Crippen LogP contribution in [0.2, 0.25) is 0 Å². The molecule has 0 fully saturated rings. The fraction of sp³-hybridized carbons (Fsp3) is 0.125. The van der Waals surface area contributed by atoms with Gasteiger partial charge < -0.3 is 10.1 Å². The van der Waals surface area contributed by atoms with Crippen LogP contribution in [0.3, 0.4) is 0 Å². The normalized spacial score (nSPS) is 10.6. The number of rotatable bonds is 5. The maximum Gasteiger partial charge on any atom is 0.325 e. The number of halogens is 1. The first-order valence-corrected chi connectivity index (χ1v) is 7.29. The van der Waals surface area contributed by atoms with Gasteiger partial charge in [0.2, 0.25) is 5.91 Å². The van der Waals surface area contributed by atoms with E-state index in [1.807, 2.05) is 0 Å². The Bertz CT molecular complexity index is 709. The van der Waals surface area contributed by atoms with Gasteiger partial charge in [-0.1, -0.05) is 18.2 Å². The number of hydrogen-bond donors (Lipinski definition) is 1. The Morgan fingerprint density at radius 2 is 2.05 bits per heavy atom. The monoisotopic (exact) mass is 319 g/mol. The largest absolute Gasteiger partial charge is 0.468 e. The van der Waals surface area contributed by atoms with E-state index < -0.39 is 11.9 Å². The summed E-state index contributed by atoms with van der Waals surface area (Å²) in [4.78, 5) is 24.0. The van der Waals surface area contributed by atoms with Crippen LogP contribution in [0, 0.1) is 5.82 Å². The summed E-state index contributed by atoms with van der Waals surface area (Å²) in [5.41, 5.74) is 0.530. The van der Waals surface area contributed by atoms with E-state index in [2.05, 4.69) is 10.1 Å². The number of esters is 1. The molecule has 0 bridgehead atoms. The number of methoxy groups -OCH3 is 1. The molecule has 0 aliphatic rings. The van der Waals surface area contributed by atoms with Crippen molar-refractivity contribution in [3.63, 3.8) is 0 Å². The average Bonchev–Trinajstić information content (AvgIpc) is 2.99. The molecule has 1 aromatic heterocycles. The van der Waals surface area contributed by atoms with E-state index in [-0.39, 0.29) is 12.4 Å². The van der Waals surface area contributed by atoms with Gasteiger partial charge in [0, 0.05) is 21.4 Å². The molecular formula is C16H14FNO3S. The third kappa shape index (κ3) is 4.26. The molecule has 4 nitrogen and oxygen atoms in total. The topological polar surface area (TPSA) is 55.4 Å². The van der Waals surface area contributed by atoms with Crippen molar-refractivity contribution in [2.45, 2.75) is 0 Å². The summed E-state index contributed by atoms with van der Waals surface area (Å²) in [6, 6.07) is 10.1. The van der Waals surface area contributed by atoms with Crippen LogP contribution in [0.15, 0.2) is 42.5 Å². The van der Waals surface area contributed by atoms with E-state index in [4.69, 9.17) is 0 Å². The van der Waals surface area contributed by atoms with Gasteiger partial charge in [0.1, 0.15) is 12.4 Å². The highest BCUT2D eigenvalue weighted by Crippen LogP contribution is 2.30. The van der Waals surface area contributed by atoms with E-state index >= 15 is 0 Å². The fourth-order valence-corrected chi connectivity index (χ4v) is 2.63. The number of hydrogen-bond acceptors (Lipinski definition) is 4. The van der Waals surface area contributed by atoms with Crippen molar-refractivity contribution >= 4 is 29.3 Å². The second-order valence-corrected chi connectivity index (χ2v) is 5.42. The SMILES string of the molecule is COC(=O)CNC(=O)C=Cc1ccc(-c2ccccc2F)s1. The van der Waals surface area contributed by atoms with Crippen LogP contribution in [-0.2, 0) is 14.3 Å². The molecule has 1 aromatic carbocycles. The van der Waals surface area contributed by atoms with Gasteiger partial charge in [0.25, 0.3) is 0 Å². The molecule has 6 heteroatoms. The van der Waals surface area contributed by atoms with Gasteiger partial charge in [-0.15, -0.1) is 11.3 Å². The van der Waals surface area contributed by atoms with Crippen LogP contribution in [0.4, 0.5) is 4.39 Å².